The molecule has 1 aromatic heterocycles. The quantitative estimate of drug-likeness (QED) is 0.748. The number of benzene rings is 2. The molecule has 0 saturated heterocycles. The first-order chi connectivity index (χ1) is 11.6. The summed E-state index contributed by atoms with van der Waals surface area (Å²) in [6.07, 6.45) is 0. The maximum Gasteiger partial charge on any atom is 0.278 e. The van der Waals surface area contributed by atoms with Gasteiger partial charge in [-0.3, -0.25) is 4.79 Å². The predicted molar refractivity (Wildman–Crippen MR) is 90.4 cm³/mol. The number of halogens is 1. The molecule has 0 unspecified atom stereocenters. The molecule has 0 saturated carbocycles. The van der Waals surface area contributed by atoms with Crippen LogP contribution in [0.1, 0.15) is 21.6 Å². The van der Waals surface area contributed by atoms with Crippen LogP contribution in [0.15, 0.2) is 47.0 Å². The van der Waals surface area contributed by atoms with E-state index in [2.05, 4.69) is 10.5 Å². The maximum atomic E-state index is 12.5. The Hall–Kier alpha value is -2.79. The Kier molecular flexibility index (Phi) is 3.50. The standard InChI is InChI=1S/C18H13ClN2O3/c1-10-2-7-15-13(8-10)17-14(9-23-15)16(21-24-17)18(22)20-12-5-3-11(19)4-6-12/h2-8H,9H2,1H3,(H,20,22). The summed E-state index contributed by atoms with van der Waals surface area (Å²) in [5.74, 6) is 0.970. The molecule has 5 nitrogen and oxygen atoms in total. The molecule has 0 fully saturated rings. The number of rotatable bonds is 2. The Bertz CT molecular complexity index is 932. The van der Waals surface area contributed by atoms with Crippen molar-refractivity contribution in [3.63, 3.8) is 0 Å². The number of hydrogen-bond acceptors (Lipinski definition) is 4. The van der Waals surface area contributed by atoms with Gasteiger partial charge in [-0.1, -0.05) is 28.4 Å². The summed E-state index contributed by atoms with van der Waals surface area (Å²) in [6.45, 7) is 2.23. The van der Waals surface area contributed by atoms with E-state index in [1.165, 1.54) is 0 Å². The molecule has 24 heavy (non-hydrogen) atoms. The predicted octanol–water partition coefficient (Wildman–Crippen LogP) is 4.45. The fourth-order valence-electron chi connectivity index (χ4n) is 2.65. The largest absolute Gasteiger partial charge is 0.488 e. The number of ether oxygens (including phenoxy) is 1. The van der Waals surface area contributed by atoms with Gasteiger partial charge in [-0.05, 0) is 43.3 Å². The minimum atomic E-state index is -0.345. The molecule has 1 aliphatic rings. The van der Waals surface area contributed by atoms with Crippen molar-refractivity contribution in [3.05, 3.63) is 64.3 Å². The minimum Gasteiger partial charge on any atom is -0.488 e. The number of nitrogens with zero attached hydrogens (tertiary/aromatic N) is 1. The molecule has 1 aliphatic heterocycles. The number of carbonyl (C=O) groups excluding carboxylic acids is 1. The number of carbonyl (C=O) groups is 1. The van der Waals surface area contributed by atoms with Crippen LogP contribution in [0.25, 0.3) is 11.3 Å². The average molecular weight is 341 g/mol. The zero-order chi connectivity index (χ0) is 16.7. The van der Waals surface area contributed by atoms with Gasteiger partial charge in [0.25, 0.3) is 5.91 Å². The zero-order valence-electron chi connectivity index (χ0n) is 12.8. The molecular formula is C18H13ClN2O3. The van der Waals surface area contributed by atoms with Gasteiger partial charge in [0.05, 0.1) is 11.1 Å². The molecule has 0 bridgehead atoms. The number of fused-ring (bicyclic) bond motifs is 3. The highest BCUT2D eigenvalue weighted by Gasteiger charge is 2.28. The molecule has 6 heteroatoms. The molecule has 3 aromatic rings. The highest BCUT2D eigenvalue weighted by molar-refractivity contribution is 6.30. The van der Waals surface area contributed by atoms with E-state index in [-0.39, 0.29) is 18.2 Å². The van der Waals surface area contributed by atoms with E-state index in [0.29, 0.717) is 22.0 Å². The van der Waals surface area contributed by atoms with Gasteiger partial charge in [-0.2, -0.15) is 0 Å². The first-order valence-corrected chi connectivity index (χ1v) is 7.79. The van der Waals surface area contributed by atoms with Crippen molar-refractivity contribution in [2.24, 2.45) is 0 Å². The van der Waals surface area contributed by atoms with Gasteiger partial charge in [0.15, 0.2) is 11.5 Å². The van der Waals surface area contributed by atoms with Gasteiger partial charge in [0.1, 0.15) is 12.4 Å². The Morgan fingerprint density at radius 2 is 2.00 bits per heavy atom. The SMILES string of the molecule is Cc1ccc2c(c1)-c1onc(C(=O)Nc3ccc(Cl)cc3)c1CO2. The van der Waals surface area contributed by atoms with Crippen LogP contribution in [0.2, 0.25) is 5.02 Å². The van der Waals surface area contributed by atoms with Crippen LogP contribution < -0.4 is 10.1 Å². The van der Waals surface area contributed by atoms with E-state index in [1.807, 2.05) is 25.1 Å². The topological polar surface area (TPSA) is 64.4 Å². The Balaban J connectivity index is 1.67. The highest BCUT2D eigenvalue weighted by Crippen LogP contribution is 2.39. The second-order valence-electron chi connectivity index (χ2n) is 5.59. The molecule has 1 N–H and O–H groups in total. The zero-order valence-corrected chi connectivity index (χ0v) is 13.6. The maximum absolute atomic E-state index is 12.5. The first-order valence-electron chi connectivity index (χ1n) is 7.41. The third kappa shape index (κ3) is 2.53. The third-order valence-corrected chi connectivity index (χ3v) is 4.11. The number of aryl methyl sites for hydroxylation is 1. The van der Waals surface area contributed by atoms with Crippen molar-refractivity contribution in [3.8, 4) is 17.1 Å². The second kappa shape index (κ2) is 5.69. The molecule has 2 heterocycles. The summed E-state index contributed by atoms with van der Waals surface area (Å²) in [5.41, 5.74) is 3.41. The van der Waals surface area contributed by atoms with Crippen LogP contribution >= 0.6 is 11.6 Å². The summed E-state index contributed by atoms with van der Waals surface area (Å²) in [7, 11) is 0. The van der Waals surface area contributed by atoms with Crippen molar-refractivity contribution in [1.82, 2.24) is 5.16 Å². The molecule has 4 rings (SSSR count). The van der Waals surface area contributed by atoms with E-state index in [4.69, 9.17) is 20.9 Å². The molecule has 2 aromatic carbocycles. The lowest BCUT2D eigenvalue weighted by molar-refractivity contribution is 0.101. The fraction of sp³-hybridized carbons (Fsp3) is 0.111. The molecule has 1 amide bonds. The van der Waals surface area contributed by atoms with E-state index in [9.17, 15) is 4.79 Å². The van der Waals surface area contributed by atoms with Crippen molar-refractivity contribution in [1.29, 1.82) is 0 Å². The van der Waals surface area contributed by atoms with Crippen LogP contribution in [-0.2, 0) is 6.61 Å². The molecular weight excluding hydrogens is 328 g/mol. The smallest absolute Gasteiger partial charge is 0.278 e. The summed E-state index contributed by atoms with van der Waals surface area (Å²) >= 11 is 5.85. The third-order valence-electron chi connectivity index (χ3n) is 3.86. The lowest BCUT2D eigenvalue weighted by Gasteiger charge is -2.16. The van der Waals surface area contributed by atoms with Crippen molar-refractivity contribution in [2.75, 3.05) is 5.32 Å². The lowest BCUT2D eigenvalue weighted by atomic mass is 10.0. The normalized spacial score (nSPS) is 12.1. The minimum absolute atomic E-state index is 0.229. The molecule has 0 atom stereocenters. The Labute approximate surface area is 143 Å². The van der Waals surface area contributed by atoms with Gasteiger partial charge >= 0.3 is 0 Å². The number of aromatic nitrogens is 1. The van der Waals surface area contributed by atoms with Crippen LogP contribution in [0, 0.1) is 6.92 Å². The summed E-state index contributed by atoms with van der Waals surface area (Å²) in [4.78, 5) is 12.5. The molecule has 120 valence electrons. The number of hydrogen-bond donors (Lipinski definition) is 1. The van der Waals surface area contributed by atoms with Gasteiger partial charge in [0.2, 0.25) is 0 Å². The van der Waals surface area contributed by atoms with E-state index in [0.717, 1.165) is 16.9 Å². The molecule has 0 radical (unpaired) electrons. The van der Waals surface area contributed by atoms with E-state index in [1.54, 1.807) is 24.3 Å². The van der Waals surface area contributed by atoms with Crippen molar-refractivity contribution < 1.29 is 14.1 Å². The number of amides is 1. The van der Waals surface area contributed by atoms with Gasteiger partial charge in [-0.15, -0.1) is 0 Å². The van der Waals surface area contributed by atoms with Gasteiger partial charge < -0.3 is 14.6 Å². The monoisotopic (exact) mass is 340 g/mol. The first kappa shape index (κ1) is 14.8. The number of anilines is 1. The summed E-state index contributed by atoms with van der Waals surface area (Å²) in [5, 5.41) is 7.33. The van der Waals surface area contributed by atoms with Crippen LogP contribution in [0.3, 0.4) is 0 Å². The Morgan fingerprint density at radius 3 is 2.79 bits per heavy atom. The molecule has 0 spiro atoms. The van der Waals surface area contributed by atoms with Crippen LogP contribution in [0.5, 0.6) is 5.75 Å². The van der Waals surface area contributed by atoms with Gasteiger partial charge in [-0.25, -0.2) is 0 Å². The Morgan fingerprint density at radius 1 is 1.21 bits per heavy atom. The second-order valence-corrected chi connectivity index (χ2v) is 6.02. The lowest BCUT2D eigenvalue weighted by Crippen LogP contribution is -2.16. The number of nitrogens with one attached hydrogen (secondary N) is 1. The van der Waals surface area contributed by atoms with Gasteiger partial charge in [0, 0.05) is 10.7 Å². The summed E-state index contributed by atoms with van der Waals surface area (Å²) in [6, 6.07) is 12.7. The summed E-state index contributed by atoms with van der Waals surface area (Å²) < 4.78 is 11.2. The van der Waals surface area contributed by atoms with Crippen molar-refractivity contribution in [2.45, 2.75) is 13.5 Å². The van der Waals surface area contributed by atoms with Crippen LogP contribution in [-0.4, -0.2) is 11.1 Å². The van der Waals surface area contributed by atoms with E-state index < -0.39 is 0 Å². The fourth-order valence-corrected chi connectivity index (χ4v) is 2.78. The highest BCUT2D eigenvalue weighted by atomic mass is 35.5. The van der Waals surface area contributed by atoms with E-state index >= 15 is 0 Å². The van der Waals surface area contributed by atoms with Crippen molar-refractivity contribution >= 4 is 23.2 Å². The molecule has 0 aliphatic carbocycles. The van der Waals surface area contributed by atoms with Crippen LogP contribution in [0.4, 0.5) is 5.69 Å². The average Bonchev–Trinajstić information content (AvgIpc) is 3.01.